The van der Waals surface area contributed by atoms with Crippen molar-refractivity contribution in [3.63, 3.8) is 0 Å². The van der Waals surface area contributed by atoms with Gasteiger partial charge < -0.3 is 25.2 Å². The van der Waals surface area contributed by atoms with E-state index < -0.39 is 23.3 Å². The van der Waals surface area contributed by atoms with E-state index in [0.717, 1.165) is 0 Å². The Balaban J connectivity index is 1.95. The third kappa shape index (κ3) is 5.45. The number of carboxylic acids is 1. The Morgan fingerprint density at radius 1 is 1.23 bits per heavy atom. The van der Waals surface area contributed by atoms with Crippen LogP contribution in [0.1, 0.15) is 36.5 Å². The van der Waals surface area contributed by atoms with Gasteiger partial charge in [0.25, 0.3) is 5.91 Å². The number of carboxylic acid groups (broad SMARTS) is 1. The second-order valence-corrected chi connectivity index (χ2v) is 6.12. The lowest BCUT2D eigenvalue weighted by Gasteiger charge is -2.36. The number of hydrogen-bond acceptors (Lipinski definition) is 5. The maximum absolute atomic E-state index is 12.3. The summed E-state index contributed by atoms with van der Waals surface area (Å²) >= 11 is 0. The third-order valence-electron chi connectivity index (χ3n) is 4.19. The highest BCUT2D eigenvalue weighted by atomic mass is 16.5. The highest BCUT2D eigenvalue weighted by Gasteiger charge is 2.36. The van der Waals surface area contributed by atoms with Crippen LogP contribution >= 0.6 is 0 Å². The summed E-state index contributed by atoms with van der Waals surface area (Å²) in [5, 5.41) is 14.4. The number of nitrogens with one attached hydrogen (secondary N) is 2. The first-order valence-electron chi connectivity index (χ1n) is 8.56. The van der Waals surface area contributed by atoms with Crippen molar-refractivity contribution in [3.05, 3.63) is 29.8 Å². The highest BCUT2D eigenvalue weighted by molar-refractivity contribution is 5.98. The van der Waals surface area contributed by atoms with Gasteiger partial charge in [-0.3, -0.25) is 14.4 Å². The number of para-hydroxylation sites is 1. The lowest BCUT2D eigenvalue weighted by molar-refractivity contribution is -0.140. The summed E-state index contributed by atoms with van der Waals surface area (Å²) in [6, 6.07) is 6.77. The van der Waals surface area contributed by atoms with Crippen molar-refractivity contribution < 1.29 is 29.0 Å². The first-order chi connectivity index (χ1) is 12.5. The number of rotatable bonds is 8. The topological polar surface area (TPSA) is 114 Å². The van der Waals surface area contributed by atoms with Gasteiger partial charge in [-0.05, 0) is 31.9 Å². The molecule has 0 bridgehead atoms. The molecule has 3 N–H and O–H groups in total. The average Bonchev–Trinajstić information content (AvgIpc) is 2.60. The zero-order valence-corrected chi connectivity index (χ0v) is 14.7. The molecule has 1 aromatic rings. The van der Waals surface area contributed by atoms with Gasteiger partial charge in [0.2, 0.25) is 5.91 Å². The number of hydrogen-bond donors (Lipinski definition) is 3. The van der Waals surface area contributed by atoms with Crippen LogP contribution < -0.4 is 15.4 Å². The lowest BCUT2D eigenvalue weighted by Crippen LogP contribution is -2.55. The Morgan fingerprint density at radius 2 is 1.92 bits per heavy atom. The molecule has 0 spiro atoms. The maximum Gasteiger partial charge on any atom is 0.305 e. The van der Waals surface area contributed by atoms with Gasteiger partial charge in [0, 0.05) is 13.2 Å². The highest BCUT2D eigenvalue weighted by Crippen LogP contribution is 2.24. The Bertz CT molecular complexity index is 655. The molecule has 0 radical (unpaired) electrons. The molecule has 0 unspecified atom stereocenters. The van der Waals surface area contributed by atoms with Crippen LogP contribution in [0.15, 0.2) is 24.3 Å². The SMILES string of the molecule is CCOc1ccccc1C(=O)NCC(=O)NC1(CC(=O)O)CCOCC1. The van der Waals surface area contributed by atoms with Crippen molar-refractivity contribution in [2.24, 2.45) is 0 Å². The van der Waals surface area contributed by atoms with Gasteiger partial charge >= 0.3 is 5.97 Å². The van der Waals surface area contributed by atoms with E-state index in [9.17, 15) is 14.4 Å². The average molecular weight is 364 g/mol. The molecule has 0 saturated carbocycles. The minimum Gasteiger partial charge on any atom is -0.493 e. The standard InChI is InChI=1S/C18H24N2O6/c1-2-26-14-6-4-3-5-13(14)17(24)19-12-15(21)20-18(11-16(22)23)7-9-25-10-8-18/h3-6H,2,7-12H2,1H3,(H,19,24)(H,20,21)(H,22,23). The molecule has 26 heavy (non-hydrogen) atoms. The van der Waals surface area contributed by atoms with Gasteiger partial charge in [0.15, 0.2) is 0 Å². The number of ether oxygens (including phenoxy) is 2. The van der Waals surface area contributed by atoms with Crippen molar-refractivity contribution in [1.82, 2.24) is 10.6 Å². The van der Waals surface area contributed by atoms with Gasteiger partial charge in [-0.15, -0.1) is 0 Å². The van der Waals surface area contributed by atoms with Crippen LogP contribution in [0.3, 0.4) is 0 Å². The summed E-state index contributed by atoms with van der Waals surface area (Å²) in [5.41, 5.74) is -0.497. The second kappa shape index (κ2) is 9.19. The molecular weight excluding hydrogens is 340 g/mol. The van der Waals surface area contributed by atoms with Crippen molar-refractivity contribution in [2.45, 2.75) is 31.7 Å². The zero-order valence-electron chi connectivity index (χ0n) is 14.7. The van der Waals surface area contributed by atoms with E-state index in [0.29, 0.717) is 44.0 Å². The second-order valence-electron chi connectivity index (χ2n) is 6.12. The van der Waals surface area contributed by atoms with Gasteiger partial charge in [-0.1, -0.05) is 12.1 Å². The molecule has 1 saturated heterocycles. The fourth-order valence-corrected chi connectivity index (χ4v) is 2.93. The summed E-state index contributed by atoms with van der Waals surface area (Å²) in [7, 11) is 0. The zero-order chi connectivity index (χ0) is 19.0. The van der Waals surface area contributed by atoms with E-state index in [1.165, 1.54) is 0 Å². The van der Waals surface area contributed by atoms with Crippen LogP contribution in [0.5, 0.6) is 5.75 Å². The molecule has 0 aliphatic carbocycles. The van der Waals surface area contributed by atoms with E-state index in [4.69, 9.17) is 14.6 Å². The summed E-state index contributed by atoms with van der Waals surface area (Å²) in [6.45, 7) is 2.77. The number of benzene rings is 1. The van der Waals surface area contributed by atoms with Crippen molar-refractivity contribution >= 4 is 17.8 Å². The minimum absolute atomic E-state index is 0.177. The molecule has 1 aromatic carbocycles. The minimum atomic E-state index is -0.984. The molecule has 1 heterocycles. The molecule has 8 nitrogen and oxygen atoms in total. The first kappa shape index (κ1) is 19.7. The van der Waals surface area contributed by atoms with Gasteiger partial charge in [-0.25, -0.2) is 0 Å². The first-order valence-corrected chi connectivity index (χ1v) is 8.56. The normalized spacial score (nSPS) is 15.7. The molecule has 142 valence electrons. The van der Waals surface area contributed by atoms with Crippen LogP contribution in [0.2, 0.25) is 0 Å². The third-order valence-corrected chi connectivity index (χ3v) is 4.19. The Hall–Kier alpha value is -2.61. The van der Waals surface area contributed by atoms with E-state index >= 15 is 0 Å². The van der Waals surface area contributed by atoms with Crippen LogP contribution in [0.25, 0.3) is 0 Å². The number of aliphatic carboxylic acids is 1. The van der Waals surface area contributed by atoms with Crippen molar-refractivity contribution in [2.75, 3.05) is 26.4 Å². The Labute approximate surface area is 151 Å². The number of carbonyl (C=O) groups is 3. The maximum atomic E-state index is 12.3. The molecule has 2 amide bonds. The van der Waals surface area contributed by atoms with Crippen LogP contribution in [-0.4, -0.2) is 54.8 Å². The summed E-state index contributed by atoms with van der Waals surface area (Å²) < 4.78 is 10.7. The molecule has 8 heteroatoms. The van der Waals surface area contributed by atoms with Gasteiger partial charge in [0.1, 0.15) is 5.75 Å². The molecule has 1 fully saturated rings. The molecule has 2 rings (SSSR count). The number of carbonyl (C=O) groups excluding carboxylic acids is 2. The molecule has 0 aromatic heterocycles. The predicted octanol–water partition coefficient (Wildman–Crippen LogP) is 0.955. The molecule has 0 atom stereocenters. The fourth-order valence-electron chi connectivity index (χ4n) is 2.93. The van der Waals surface area contributed by atoms with E-state index in [2.05, 4.69) is 10.6 Å². The van der Waals surface area contributed by atoms with Crippen LogP contribution in [0.4, 0.5) is 0 Å². The van der Waals surface area contributed by atoms with Crippen LogP contribution in [-0.2, 0) is 14.3 Å². The Kier molecular flexibility index (Phi) is 6.97. The van der Waals surface area contributed by atoms with E-state index in [-0.39, 0.29) is 13.0 Å². The monoisotopic (exact) mass is 364 g/mol. The summed E-state index contributed by atoms with van der Waals surface area (Å²) in [4.78, 5) is 35.7. The van der Waals surface area contributed by atoms with E-state index in [1.54, 1.807) is 24.3 Å². The lowest BCUT2D eigenvalue weighted by atomic mass is 9.86. The van der Waals surface area contributed by atoms with Gasteiger partial charge in [-0.2, -0.15) is 0 Å². The predicted molar refractivity (Wildman–Crippen MR) is 93.1 cm³/mol. The Morgan fingerprint density at radius 3 is 2.58 bits per heavy atom. The molecule has 1 aliphatic rings. The molecule has 1 aliphatic heterocycles. The van der Waals surface area contributed by atoms with Crippen molar-refractivity contribution in [1.29, 1.82) is 0 Å². The molecular formula is C18H24N2O6. The fraction of sp³-hybridized carbons (Fsp3) is 0.500. The van der Waals surface area contributed by atoms with Crippen LogP contribution in [0, 0.1) is 0 Å². The summed E-state index contributed by atoms with van der Waals surface area (Å²) in [6.07, 6.45) is 0.668. The van der Waals surface area contributed by atoms with Crippen molar-refractivity contribution in [3.8, 4) is 5.75 Å². The number of amides is 2. The van der Waals surface area contributed by atoms with Gasteiger partial charge in [0.05, 0.1) is 30.7 Å². The quantitative estimate of drug-likeness (QED) is 0.633. The smallest absolute Gasteiger partial charge is 0.305 e. The summed E-state index contributed by atoms with van der Waals surface area (Å²) in [5.74, 6) is -1.40. The van der Waals surface area contributed by atoms with E-state index in [1.807, 2.05) is 6.92 Å². The largest absolute Gasteiger partial charge is 0.493 e.